The Balaban J connectivity index is 2.33. The van der Waals surface area contributed by atoms with Gasteiger partial charge in [0.15, 0.2) is 6.19 Å². The second-order valence-corrected chi connectivity index (χ2v) is 5.28. The van der Waals surface area contributed by atoms with Crippen LogP contribution in [0.5, 0.6) is 0 Å². The second kappa shape index (κ2) is 6.31. The number of benzene rings is 1. The van der Waals surface area contributed by atoms with Gasteiger partial charge in [-0.1, -0.05) is 5.92 Å². The third-order valence-electron chi connectivity index (χ3n) is 3.82. The van der Waals surface area contributed by atoms with Crippen molar-refractivity contribution in [1.82, 2.24) is 10.3 Å². The standard InChI is InChI=1S/C17H11FN8/c1-2-8-3-4-9(18)5-10(8)14-12-13(21)11(6-19)15(22)25-16(12)26-17(24-14)23-7-20/h1,3-5,14H,(H6,21,22,23,24,25,26). The first-order valence-electron chi connectivity index (χ1n) is 7.25. The van der Waals surface area contributed by atoms with Gasteiger partial charge in [-0.25, -0.2) is 14.4 Å². The molecule has 2 aromatic rings. The van der Waals surface area contributed by atoms with Crippen LogP contribution >= 0.6 is 0 Å². The summed E-state index contributed by atoms with van der Waals surface area (Å²) in [6.07, 6.45) is 7.25. The molecular weight excluding hydrogens is 335 g/mol. The number of aromatic nitrogens is 1. The molecule has 0 saturated carbocycles. The lowest BCUT2D eigenvalue weighted by atomic mass is 9.92. The Morgan fingerprint density at radius 2 is 2.08 bits per heavy atom. The fourth-order valence-corrected chi connectivity index (χ4v) is 2.70. The van der Waals surface area contributed by atoms with Crippen LogP contribution in [0.3, 0.4) is 0 Å². The Morgan fingerprint density at radius 3 is 2.73 bits per heavy atom. The predicted octanol–water partition coefficient (Wildman–Crippen LogP) is 1.18. The SMILES string of the molecule is C#Cc1ccc(F)cc1C1N=C(NC#N)Nc2nc(N)c(C#N)c(N)c21. The predicted molar refractivity (Wildman–Crippen MR) is 93.8 cm³/mol. The van der Waals surface area contributed by atoms with Gasteiger partial charge in [0.05, 0.1) is 5.69 Å². The number of guanidine groups is 1. The lowest BCUT2D eigenvalue weighted by Gasteiger charge is -2.26. The number of terminal acetylenes is 1. The number of nitriles is 2. The molecule has 3 rings (SSSR count). The van der Waals surface area contributed by atoms with E-state index in [1.165, 1.54) is 18.2 Å². The number of nitrogens with two attached hydrogens (primary N) is 2. The third-order valence-corrected chi connectivity index (χ3v) is 3.82. The van der Waals surface area contributed by atoms with E-state index in [0.29, 0.717) is 16.7 Å². The van der Waals surface area contributed by atoms with Gasteiger partial charge < -0.3 is 16.8 Å². The molecule has 126 valence electrons. The maximum atomic E-state index is 13.8. The van der Waals surface area contributed by atoms with Gasteiger partial charge in [0.1, 0.15) is 35.1 Å². The normalized spacial score (nSPS) is 14.7. The highest BCUT2D eigenvalue weighted by atomic mass is 19.1. The number of nitrogens with zero attached hydrogens (tertiary/aromatic N) is 4. The largest absolute Gasteiger partial charge is 0.397 e. The van der Waals surface area contributed by atoms with Crippen molar-refractivity contribution < 1.29 is 4.39 Å². The van der Waals surface area contributed by atoms with Gasteiger partial charge in [-0.3, -0.25) is 5.32 Å². The van der Waals surface area contributed by atoms with E-state index in [4.69, 9.17) is 23.2 Å². The summed E-state index contributed by atoms with van der Waals surface area (Å²) in [6.45, 7) is 0. The number of fused-ring (bicyclic) bond motifs is 1. The molecule has 2 heterocycles. The Morgan fingerprint density at radius 1 is 1.31 bits per heavy atom. The summed E-state index contributed by atoms with van der Waals surface area (Å²) in [5, 5.41) is 23.3. The quantitative estimate of drug-likeness (QED) is 0.344. The molecule has 0 saturated heterocycles. The lowest BCUT2D eigenvalue weighted by molar-refractivity contribution is 0.623. The molecule has 6 N–H and O–H groups in total. The zero-order valence-corrected chi connectivity index (χ0v) is 13.2. The minimum Gasteiger partial charge on any atom is -0.397 e. The average molecular weight is 346 g/mol. The van der Waals surface area contributed by atoms with Gasteiger partial charge in [-0.2, -0.15) is 10.5 Å². The van der Waals surface area contributed by atoms with E-state index >= 15 is 0 Å². The first-order chi connectivity index (χ1) is 12.5. The number of rotatable bonds is 1. The van der Waals surface area contributed by atoms with Crippen LogP contribution < -0.4 is 22.1 Å². The Kier molecular flexibility index (Phi) is 4.02. The van der Waals surface area contributed by atoms with E-state index in [9.17, 15) is 9.65 Å². The van der Waals surface area contributed by atoms with Crippen LogP contribution in [0.4, 0.5) is 21.7 Å². The lowest BCUT2D eigenvalue weighted by Crippen LogP contribution is -2.33. The monoisotopic (exact) mass is 346 g/mol. The highest BCUT2D eigenvalue weighted by Crippen LogP contribution is 2.41. The van der Waals surface area contributed by atoms with E-state index in [0.717, 1.165) is 0 Å². The molecule has 0 fully saturated rings. The topological polar surface area (TPSA) is 149 Å². The number of hydrogen-bond acceptors (Lipinski definition) is 8. The molecule has 1 aliphatic heterocycles. The van der Waals surface area contributed by atoms with Gasteiger partial charge in [-0.15, -0.1) is 6.42 Å². The highest BCUT2D eigenvalue weighted by molar-refractivity contribution is 5.98. The average Bonchev–Trinajstić information content (AvgIpc) is 2.61. The number of nitrogen functional groups attached to an aromatic ring is 2. The van der Waals surface area contributed by atoms with Crippen molar-refractivity contribution in [2.45, 2.75) is 6.04 Å². The molecule has 0 bridgehead atoms. The van der Waals surface area contributed by atoms with Crippen LogP contribution in [0.1, 0.15) is 28.3 Å². The summed E-state index contributed by atoms with van der Waals surface area (Å²) < 4.78 is 13.8. The first kappa shape index (κ1) is 16.6. The molecule has 1 atom stereocenters. The number of nitrogens with one attached hydrogen (secondary N) is 2. The number of halogens is 1. The van der Waals surface area contributed by atoms with E-state index in [1.54, 1.807) is 6.19 Å². The van der Waals surface area contributed by atoms with Gasteiger partial charge in [-0.05, 0) is 23.8 Å². The van der Waals surface area contributed by atoms with Crippen molar-refractivity contribution in [3.8, 4) is 24.6 Å². The molecular formula is C17H11FN8. The maximum absolute atomic E-state index is 13.8. The number of hydrogen-bond donors (Lipinski definition) is 4. The second-order valence-electron chi connectivity index (χ2n) is 5.28. The van der Waals surface area contributed by atoms with Crippen LogP contribution in [-0.4, -0.2) is 10.9 Å². The summed E-state index contributed by atoms with van der Waals surface area (Å²) in [5.41, 5.74) is 13.0. The fraction of sp³-hybridized carbons (Fsp3) is 0.0588. The molecule has 0 amide bonds. The summed E-state index contributed by atoms with van der Waals surface area (Å²) in [4.78, 5) is 8.46. The van der Waals surface area contributed by atoms with Crippen molar-refractivity contribution >= 4 is 23.3 Å². The first-order valence-corrected chi connectivity index (χ1v) is 7.25. The summed E-state index contributed by atoms with van der Waals surface area (Å²) in [6, 6.07) is 4.89. The zero-order valence-electron chi connectivity index (χ0n) is 13.2. The Labute approximate surface area is 148 Å². The molecule has 1 aliphatic rings. The molecule has 26 heavy (non-hydrogen) atoms. The highest BCUT2D eigenvalue weighted by Gasteiger charge is 2.31. The minimum atomic E-state index is -0.885. The van der Waals surface area contributed by atoms with Crippen molar-refractivity contribution in [1.29, 1.82) is 10.5 Å². The third kappa shape index (κ3) is 2.58. The molecule has 0 radical (unpaired) electrons. The van der Waals surface area contributed by atoms with Gasteiger partial charge in [0.25, 0.3) is 0 Å². The molecule has 9 heteroatoms. The summed E-state index contributed by atoms with van der Waals surface area (Å²) in [7, 11) is 0. The summed E-state index contributed by atoms with van der Waals surface area (Å²) >= 11 is 0. The minimum absolute atomic E-state index is 0.0129. The van der Waals surface area contributed by atoms with E-state index in [-0.39, 0.29) is 28.8 Å². The van der Waals surface area contributed by atoms with Gasteiger partial charge in [0.2, 0.25) is 5.96 Å². The molecule has 1 aromatic carbocycles. The van der Waals surface area contributed by atoms with Crippen LogP contribution in [0.25, 0.3) is 0 Å². The van der Waals surface area contributed by atoms with Crippen molar-refractivity contribution in [3.63, 3.8) is 0 Å². The smallest absolute Gasteiger partial charge is 0.211 e. The molecule has 8 nitrogen and oxygen atoms in total. The van der Waals surface area contributed by atoms with Gasteiger partial charge in [0, 0.05) is 11.1 Å². The zero-order chi connectivity index (χ0) is 18.8. The van der Waals surface area contributed by atoms with Crippen LogP contribution in [0.2, 0.25) is 0 Å². The molecule has 1 aromatic heterocycles. The molecule has 1 unspecified atom stereocenters. The van der Waals surface area contributed by atoms with Crippen LogP contribution in [0, 0.1) is 40.9 Å². The van der Waals surface area contributed by atoms with Crippen LogP contribution in [0.15, 0.2) is 23.2 Å². The number of anilines is 3. The van der Waals surface area contributed by atoms with Crippen molar-refractivity contribution in [3.05, 3.63) is 46.3 Å². The van der Waals surface area contributed by atoms with Crippen molar-refractivity contribution in [2.75, 3.05) is 16.8 Å². The Bertz CT molecular complexity index is 1070. The molecule has 0 aliphatic carbocycles. The molecule has 0 spiro atoms. The summed E-state index contributed by atoms with van der Waals surface area (Å²) in [5.74, 6) is 2.13. The Hall–Kier alpha value is -4.29. The fourth-order valence-electron chi connectivity index (χ4n) is 2.70. The maximum Gasteiger partial charge on any atom is 0.211 e. The van der Waals surface area contributed by atoms with E-state index in [1.807, 2.05) is 6.07 Å². The van der Waals surface area contributed by atoms with Gasteiger partial charge >= 0.3 is 0 Å². The van der Waals surface area contributed by atoms with E-state index in [2.05, 4.69) is 26.5 Å². The number of pyridine rings is 1. The number of aliphatic imine (C=N–C) groups is 1. The van der Waals surface area contributed by atoms with Crippen molar-refractivity contribution in [2.24, 2.45) is 4.99 Å². The van der Waals surface area contributed by atoms with Crippen LogP contribution in [-0.2, 0) is 0 Å². The van der Waals surface area contributed by atoms with E-state index < -0.39 is 11.9 Å².